The Labute approximate surface area is 261 Å². The zero-order valence-corrected chi connectivity index (χ0v) is 25.0. The molecule has 9 rings (SSSR count). The summed E-state index contributed by atoms with van der Waals surface area (Å²) < 4.78 is 0. The smallest absolute Gasteiger partial charge is 0.0972 e. The Kier molecular flexibility index (Phi) is 5.51. The summed E-state index contributed by atoms with van der Waals surface area (Å²) in [5.74, 6) is 0. The number of nitrogens with zero attached hydrogens (tertiary/aromatic N) is 4. The maximum Gasteiger partial charge on any atom is 0.0972 e. The molecular weight excluding hydrogens is 548 g/mol. The predicted octanol–water partition coefficient (Wildman–Crippen LogP) is 10.0. The zero-order valence-electron chi connectivity index (χ0n) is 25.0. The Morgan fingerprint density at radius 1 is 0.444 bits per heavy atom. The van der Waals surface area contributed by atoms with Crippen LogP contribution in [0, 0.1) is 0 Å². The Balaban J connectivity index is 1.14. The van der Waals surface area contributed by atoms with Crippen LogP contribution in [0.1, 0.15) is 25.0 Å². The third-order valence-corrected chi connectivity index (χ3v) is 9.36. The first-order valence-corrected chi connectivity index (χ1v) is 15.3. The number of rotatable bonds is 3. The summed E-state index contributed by atoms with van der Waals surface area (Å²) >= 11 is 0. The molecule has 0 spiro atoms. The van der Waals surface area contributed by atoms with Gasteiger partial charge in [0.05, 0.1) is 33.6 Å². The van der Waals surface area contributed by atoms with Gasteiger partial charge in [-0.1, -0.05) is 92.7 Å². The van der Waals surface area contributed by atoms with Crippen LogP contribution in [0.4, 0.5) is 0 Å². The highest BCUT2D eigenvalue weighted by Gasteiger charge is 2.35. The number of hydrogen-bond donors (Lipinski definition) is 0. The minimum Gasteiger partial charge on any atom is -0.256 e. The average Bonchev–Trinajstić information content (AvgIpc) is 3.33. The van der Waals surface area contributed by atoms with E-state index in [4.69, 9.17) is 9.97 Å². The second-order valence-electron chi connectivity index (χ2n) is 12.4. The van der Waals surface area contributed by atoms with E-state index < -0.39 is 0 Å². The summed E-state index contributed by atoms with van der Waals surface area (Å²) in [6, 6.07) is 42.8. The fourth-order valence-corrected chi connectivity index (χ4v) is 6.93. The topological polar surface area (TPSA) is 51.6 Å². The van der Waals surface area contributed by atoms with Crippen molar-refractivity contribution >= 4 is 32.7 Å². The molecule has 4 heteroatoms. The fourth-order valence-electron chi connectivity index (χ4n) is 6.93. The lowest BCUT2D eigenvalue weighted by Gasteiger charge is -2.21. The van der Waals surface area contributed by atoms with Crippen LogP contribution in [-0.4, -0.2) is 19.9 Å². The van der Waals surface area contributed by atoms with Crippen molar-refractivity contribution in [2.24, 2.45) is 0 Å². The van der Waals surface area contributed by atoms with Crippen LogP contribution in [0.5, 0.6) is 0 Å². The Hall–Kier alpha value is -5.74. The van der Waals surface area contributed by atoms with Crippen LogP contribution in [0.3, 0.4) is 0 Å². The molecule has 1 aliphatic carbocycles. The van der Waals surface area contributed by atoms with Gasteiger partial charge in [-0.15, -0.1) is 0 Å². The van der Waals surface area contributed by atoms with Crippen molar-refractivity contribution in [2.45, 2.75) is 19.3 Å². The van der Waals surface area contributed by atoms with Crippen LogP contribution < -0.4 is 0 Å². The van der Waals surface area contributed by atoms with Crippen LogP contribution in [0.25, 0.3) is 77.6 Å². The molecule has 1 aliphatic rings. The third kappa shape index (κ3) is 4.06. The minimum atomic E-state index is -0.0608. The Morgan fingerprint density at radius 2 is 1.09 bits per heavy atom. The summed E-state index contributed by atoms with van der Waals surface area (Å²) in [4.78, 5) is 19.6. The van der Waals surface area contributed by atoms with Gasteiger partial charge >= 0.3 is 0 Å². The Bertz CT molecular complexity index is 2480. The van der Waals surface area contributed by atoms with E-state index in [9.17, 15) is 0 Å². The molecule has 0 radical (unpaired) electrons. The molecule has 0 saturated heterocycles. The van der Waals surface area contributed by atoms with Gasteiger partial charge in [0, 0.05) is 50.7 Å². The van der Waals surface area contributed by atoms with Gasteiger partial charge in [0.25, 0.3) is 0 Å². The van der Waals surface area contributed by atoms with Crippen LogP contribution in [0.2, 0.25) is 0 Å². The number of fused-ring (bicyclic) bond motifs is 7. The summed E-state index contributed by atoms with van der Waals surface area (Å²) in [6.07, 6.45) is 3.68. The highest BCUT2D eigenvalue weighted by Crippen LogP contribution is 2.49. The number of aromatic nitrogens is 4. The van der Waals surface area contributed by atoms with Gasteiger partial charge in [0.1, 0.15) is 0 Å². The van der Waals surface area contributed by atoms with Gasteiger partial charge in [-0.2, -0.15) is 0 Å². The largest absolute Gasteiger partial charge is 0.256 e. The van der Waals surface area contributed by atoms with Gasteiger partial charge in [-0.25, -0.2) is 9.97 Å². The Morgan fingerprint density at radius 3 is 1.89 bits per heavy atom. The van der Waals surface area contributed by atoms with E-state index in [2.05, 4.69) is 133 Å². The van der Waals surface area contributed by atoms with Crippen molar-refractivity contribution < 1.29 is 0 Å². The molecule has 0 unspecified atom stereocenters. The molecule has 4 heterocycles. The van der Waals surface area contributed by atoms with Gasteiger partial charge in [-0.05, 0) is 64.7 Å². The van der Waals surface area contributed by atoms with Crippen LogP contribution in [-0.2, 0) is 5.41 Å². The second kappa shape index (κ2) is 9.63. The lowest BCUT2D eigenvalue weighted by Crippen LogP contribution is -2.14. The third-order valence-electron chi connectivity index (χ3n) is 9.36. The van der Waals surface area contributed by atoms with E-state index in [0.29, 0.717) is 0 Å². The number of hydrogen-bond acceptors (Lipinski definition) is 4. The zero-order chi connectivity index (χ0) is 30.1. The van der Waals surface area contributed by atoms with E-state index in [-0.39, 0.29) is 5.41 Å². The van der Waals surface area contributed by atoms with Gasteiger partial charge in [0.15, 0.2) is 0 Å². The van der Waals surface area contributed by atoms with Gasteiger partial charge in [0.2, 0.25) is 0 Å². The molecule has 4 aromatic heterocycles. The monoisotopic (exact) mass is 576 g/mol. The van der Waals surface area contributed by atoms with Crippen LogP contribution in [0.15, 0.2) is 134 Å². The van der Waals surface area contributed by atoms with Crippen molar-refractivity contribution in [2.75, 3.05) is 0 Å². The molecular formula is C41H28N4. The maximum absolute atomic E-state index is 5.24. The molecule has 4 aromatic carbocycles. The number of benzene rings is 4. The molecule has 0 N–H and O–H groups in total. The molecule has 4 nitrogen and oxygen atoms in total. The average molecular weight is 577 g/mol. The van der Waals surface area contributed by atoms with Crippen molar-refractivity contribution in [3.8, 4) is 44.9 Å². The quantitative estimate of drug-likeness (QED) is 0.196. The van der Waals surface area contributed by atoms with E-state index in [0.717, 1.165) is 66.5 Å². The van der Waals surface area contributed by atoms with Crippen molar-refractivity contribution in [3.05, 3.63) is 145 Å². The first-order valence-electron chi connectivity index (χ1n) is 15.3. The molecule has 8 aromatic rings. The standard InChI is InChI=1S/C41H28N4/c1-41(2)33-8-4-3-7-31(33)32-16-13-28(22-34(32)41)35-17-14-26-10-11-27-15-18-36(45-40(27)39(26)44-35)30-19-21-43-38(24-30)29-12-9-25-6-5-20-42-37(25)23-29/h3-24H,1-2H3. The van der Waals surface area contributed by atoms with Crippen molar-refractivity contribution in [3.63, 3.8) is 0 Å². The first-order chi connectivity index (χ1) is 22.0. The van der Waals surface area contributed by atoms with Gasteiger partial charge in [-0.3, -0.25) is 9.97 Å². The van der Waals surface area contributed by atoms with E-state index in [1.54, 1.807) is 0 Å². The molecule has 0 fully saturated rings. The SMILES string of the molecule is CC1(C)c2ccccc2-c2ccc(-c3ccc4ccc5ccc(-c6ccnc(-c7ccc8cccnc8c7)c6)nc5c4n3)cc21. The summed E-state index contributed by atoms with van der Waals surface area (Å²) in [7, 11) is 0. The lowest BCUT2D eigenvalue weighted by atomic mass is 9.82. The van der Waals surface area contributed by atoms with Crippen molar-refractivity contribution in [1.29, 1.82) is 0 Å². The molecule has 45 heavy (non-hydrogen) atoms. The molecule has 0 atom stereocenters. The van der Waals surface area contributed by atoms with E-state index in [1.807, 2.05) is 24.5 Å². The maximum atomic E-state index is 5.24. The van der Waals surface area contributed by atoms with Crippen molar-refractivity contribution in [1.82, 2.24) is 19.9 Å². The fraction of sp³-hybridized carbons (Fsp3) is 0.0732. The molecule has 0 bridgehead atoms. The predicted molar refractivity (Wildman–Crippen MR) is 184 cm³/mol. The highest BCUT2D eigenvalue weighted by molar-refractivity contribution is 6.04. The lowest BCUT2D eigenvalue weighted by molar-refractivity contribution is 0.660. The summed E-state index contributed by atoms with van der Waals surface area (Å²) in [5, 5.41) is 3.25. The van der Waals surface area contributed by atoms with Gasteiger partial charge < -0.3 is 0 Å². The molecule has 0 amide bonds. The normalized spacial score (nSPS) is 13.3. The molecule has 0 saturated carbocycles. The first kappa shape index (κ1) is 25.7. The minimum absolute atomic E-state index is 0.0608. The second-order valence-corrected chi connectivity index (χ2v) is 12.4. The number of pyridine rings is 4. The van der Waals surface area contributed by atoms with Crippen LogP contribution >= 0.6 is 0 Å². The molecule has 0 aliphatic heterocycles. The van der Waals surface area contributed by atoms with E-state index >= 15 is 0 Å². The summed E-state index contributed by atoms with van der Waals surface area (Å²) in [5.41, 5.74) is 14.0. The molecule has 212 valence electrons. The summed E-state index contributed by atoms with van der Waals surface area (Å²) in [6.45, 7) is 4.63. The highest BCUT2D eigenvalue weighted by atomic mass is 14.8. The van der Waals surface area contributed by atoms with E-state index in [1.165, 1.54) is 22.3 Å².